The topological polar surface area (TPSA) is 93.4 Å². The van der Waals surface area contributed by atoms with Crippen molar-refractivity contribution in [1.29, 1.82) is 0 Å². The molecule has 1 aliphatic rings. The van der Waals surface area contributed by atoms with Gasteiger partial charge in [0.15, 0.2) is 5.82 Å². The van der Waals surface area contributed by atoms with Crippen molar-refractivity contribution in [2.75, 3.05) is 24.1 Å². The molecular weight excluding hydrogens is 282 g/mol. The van der Waals surface area contributed by atoms with Gasteiger partial charge in [-0.25, -0.2) is 14.8 Å². The first-order valence-electron chi connectivity index (χ1n) is 7.58. The summed E-state index contributed by atoms with van der Waals surface area (Å²) in [6, 6.07) is 0.246. The highest BCUT2D eigenvalue weighted by Crippen LogP contribution is 2.22. The number of anilines is 2. The van der Waals surface area contributed by atoms with Crippen LogP contribution < -0.4 is 11.1 Å². The lowest BCUT2D eigenvalue weighted by atomic mass is 10.1. The van der Waals surface area contributed by atoms with E-state index in [-0.39, 0.29) is 12.1 Å². The molecule has 0 radical (unpaired) electrons. The third kappa shape index (κ3) is 4.22. The van der Waals surface area contributed by atoms with E-state index in [2.05, 4.69) is 15.3 Å². The van der Waals surface area contributed by atoms with Crippen LogP contribution in [0.5, 0.6) is 0 Å². The quantitative estimate of drug-likeness (QED) is 0.870. The number of aryl methyl sites for hydroxylation is 1. The summed E-state index contributed by atoms with van der Waals surface area (Å²) in [7, 11) is 0. The molecule has 0 saturated carbocycles. The van der Waals surface area contributed by atoms with Gasteiger partial charge >= 0.3 is 6.09 Å². The van der Waals surface area contributed by atoms with Crippen molar-refractivity contribution in [3.63, 3.8) is 0 Å². The Hall–Kier alpha value is -2.05. The number of nitrogens with one attached hydrogen (secondary N) is 1. The molecular formula is C15H25N5O2. The number of nitrogens with two attached hydrogens (primary N) is 1. The van der Waals surface area contributed by atoms with E-state index in [9.17, 15) is 4.79 Å². The molecule has 7 heteroatoms. The molecule has 0 aromatic carbocycles. The Bertz CT molecular complexity index is 533. The molecule has 3 N–H and O–H groups in total. The zero-order valence-corrected chi connectivity index (χ0v) is 13.7. The van der Waals surface area contributed by atoms with E-state index in [0.29, 0.717) is 24.6 Å². The lowest BCUT2D eigenvalue weighted by Crippen LogP contribution is -2.44. The number of likely N-dealkylation sites (tertiary alicyclic amines) is 1. The highest BCUT2D eigenvalue weighted by Gasteiger charge is 2.27. The second-order valence-electron chi connectivity index (χ2n) is 6.61. The molecule has 1 fully saturated rings. The molecule has 1 aliphatic heterocycles. The molecule has 22 heavy (non-hydrogen) atoms. The van der Waals surface area contributed by atoms with E-state index in [4.69, 9.17) is 10.5 Å². The number of amides is 1. The smallest absolute Gasteiger partial charge is 0.410 e. The summed E-state index contributed by atoms with van der Waals surface area (Å²) in [4.78, 5) is 22.0. The van der Waals surface area contributed by atoms with Gasteiger partial charge in [0.25, 0.3) is 0 Å². The molecule has 0 atom stereocenters. The Kier molecular flexibility index (Phi) is 4.73. The van der Waals surface area contributed by atoms with Crippen molar-refractivity contribution < 1.29 is 9.53 Å². The van der Waals surface area contributed by atoms with Crippen LogP contribution in [0, 0.1) is 6.92 Å². The van der Waals surface area contributed by atoms with Crippen LogP contribution in [0.2, 0.25) is 0 Å². The van der Waals surface area contributed by atoms with Gasteiger partial charge in [0.1, 0.15) is 11.9 Å². The van der Waals surface area contributed by atoms with Crippen LogP contribution in [0.3, 0.4) is 0 Å². The first kappa shape index (κ1) is 16.3. The second kappa shape index (κ2) is 6.37. The van der Waals surface area contributed by atoms with Gasteiger partial charge < -0.3 is 20.7 Å². The fraction of sp³-hybridized carbons (Fsp3) is 0.667. The van der Waals surface area contributed by atoms with Crippen LogP contribution in [-0.4, -0.2) is 45.7 Å². The van der Waals surface area contributed by atoms with Gasteiger partial charge in [-0.15, -0.1) is 0 Å². The fourth-order valence-corrected chi connectivity index (χ4v) is 2.32. The van der Waals surface area contributed by atoms with Crippen LogP contribution in [0.15, 0.2) is 6.33 Å². The zero-order chi connectivity index (χ0) is 16.3. The fourth-order valence-electron chi connectivity index (χ4n) is 2.32. The average Bonchev–Trinajstić information content (AvgIpc) is 2.43. The van der Waals surface area contributed by atoms with Crippen LogP contribution >= 0.6 is 0 Å². The van der Waals surface area contributed by atoms with Crippen molar-refractivity contribution in [2.45, 2.75) is 52.2 Å². The minimum atomic E-state index is -0.459. The number of ether oxygens (including phenoxy) is 1. The zero-order valence-electron chi connectivity index (χ0n) is 13.7. The van der Waals surface area contributed by atoms with Crippen molar-refractivity contribution >= 4 is 17.6 Å². The Morgan fingerprint density at radius 1 is 1.36 bits per heavy atom. The normalized spacial score (nSPS) is 16.5. The second-order valence-corrected chi connectivity index (χ2v) is 6.61. The summed E-state index contributed by atoms with van der Waals surface area (Å²) in [5, 5.41) is 3.34. The molecule has 0 spiro atoms. The standard InChI is InChI=1S/C15H25N5O2/c1-10-12(16)13(18-9-17-10)19-11-5-7-20(8-6-11)14(21)22-15(2,3)4/h9,11H,5-8,16H2,1-4H3,(H,17,18,19). The molecule has 2 rings (SSSR count). The molecule has 0 unspecified atom stereocenters. The predicted molar refractivity (Wildman–Crippen MR) is 85.6 cm³/mol. The monoisotopic (exact) mass is 307 g/mol. The van der Waals surface area contributed by atoms with E-state index in [1.54, 1.807) is 4.90 Å². The van der Waals surface area contributed by atoms with E-state index in [1.807, 2.05) is 27.7 Å². The number of carbonyl (C=O) groups is 1. The van der Waals surface area contributed by atoms with Gasteiger partial charge in [-0.05, 0) is 40.5 Å². The SMILES string of the molecule is Cc1ncnc(NC2CCN(C(=O)OC(C)(C)C)CC2)c1N. The molecule has 7 nitrogen and oxygen atoms in total. The molecule has 1 saturated heterocycles. The summed E-state index contributed by atoms with van der Waals surface area (Å²) >= 11 is 0. The van der Waals surface area contributed by atoms with Gasteiger partial charge in [-0.2, -0.15) is 0 Å². The maximum absolute atomic E-state index is 12.0. The molecule has 2 heterocycles. The maximum Gasteiger partial charge on any atom is 0.410 e. The first-order valence-corrected chi connectivity index (χ1v) is 7.58. The number of rotatable bonds is 2. The van der Waals surface area contributed by atoms with Gasteiger partial charge in [-0.1, -0.05) is 0 Å². The minimum Gasteiger partial charge on any atom is -0.444 e. The Balaban J connectivity index is 1.87. The number of hydrogen-bond donors (Lipinski definition) is 2. The minimum absolute atomic E-state index is 0.246. The molecule has 1 aromatic heterocycles. The van der Waals surface area contributed by atoms with Crippen LogP contribution in [0.4, 0.5) is 16.3 Å². The lowest BCUT2D eigenvalue weighted by molar-refractivity contribution is 0.0210. The first-order chi connectivity index (χ1) is 10.3. The Labute approximate surface area is 131 Å². The maximum atomic E-state index is 12.0. The summed E-state index contributed by atoms with van der Waals surface area (Å²) in [5.41, 5.74) is 6.86. The molecule has 0 aliphatic carbocycles. The van der Waals surface area contributed by atoms with E-state index in [0.717, 1.165) is 18.5 Å². The third-order valence-electron chi connectivity index (χ3n) is 3.57. The summed E-state index contributed by atoms with van der Waals surface area (Å²) in [5.74, 6) is 0.670. The number of nitrogen functional groups attached to an aromatic ring is 1. The molecule has 122 valence electrons. The van der Waals surface area contributed by atoms with Crippen molar-refractivity contribution in [1.82, 2.24) is 14.9 Å². The molecule has 1 aromatic rings. The number of piperidine rings is 1. The summed E-state index contributed by atoms with van der Waals surface area (Å²) < 4.78 is 5.39. The Morgan fingerprint density at radius 3 is 2.59 bits per heavy atom. The highest BCUT2D eigenvalue weighted by atomic mass is 16.6. The predicted octanol–water partition coefficient (Wildman–Crippen LogP) is 2.18. The molecule has 0 bridgehead atoms. The number of nitrogens with zero attached hydrogens (tertiary/aromatic N) is 3. The highest BCUT2D eigenvalue weighted by molar-refractivity contribution is 5.68. The largest absolute Gasteiger partial charge is 0.444 e. The van der Waals surface area contributed by atoms with E-state index < -0.39 is 5.60 Å². The number of aromatic nitrogens is 2. The van der Waals surface area contributed by atoms with Gasteiger partial charge in [0, 0.05) is 19.1 Å². The third-order valence-corrected chi connectivity index (χ3v) is 3.57. The van der Waals surface area contributed by atoms with Crippen molar-refractivity contribution in [3.05, 3.63) is 12.0 Å². The van der Waals surface area contributed by atoms with Gasteiger partial charge in [0.2, 0.25) is 0 Å². The lowest BCUT2D eigenvalue weighted by Gasteiger charge is -2.34. The van der Waals surface area contributed by atoms with Crippen LogP contribution in [0.25, 0.3) is 0 Å². The Morgan fingerprint density at radius 2 is 2.00 bits per heavy atom. The summed E-state index contributed by atoms with van der Waals surface area (Å²) in [6.45, 7) is 8.80. The van der Waals surface area contributed by atoms with Crippen molar-refractivity contribution in [3.8, 4) is 0 Å². The van der Waals surface area contributed by atoms with E-state index >= 15 is 0 Å². The van der Waals surface area contributed by atoms with Crippen LogP contribution in [-0.2, 0) is 4.74 Å². The molecule has 1 amide bonds. The van der Waals surface area contributed by atoms with Crippen molar-refractivity contribution in [2.24, 2.45) is 0 Å². The van der Waals surface area contributed by atoms with Gasteiger partial charge in [-0.3, -0.25) is 0 Å². The summed E-state index contributed by atoms with van der Waals surface area (Å²) in [6.07, 6.45) is 2.93. The van der Waals surface area contributed by atoms with Crippen LogP contribution in [0.1, 0.15) is 39.3 Å². The van der Waals surface area contributed by atoms with Gasteiger partial charge in [0.05, 0.1) is 11.4 Å². The average molecular weight is 307 g/mol. The number of hydrogen-bond acceptors (Lipinski definition) is 6. The number of carbonyl (C=O) groups excluding carboxylic acids is 1. The van der Waals surface area contributed by atoms with E-state index in [1.165, 1.54) is 6.33 Å².